The van der Waals surface area contributed by atoms with Crippen molar-refractivity contribution in [3.63, 3.8) is 0 Å². The molecule has 0 saturated heterocycles. The van der Waals surface area contributed by atoms with E-state index in [2.05, 4.69) is 156 Å². The Morgan fingerprint density at radius 2 is 1.12 bits per heavy atom. The van der Waals surface area contributed by atoms with Gasteiger partial charge in [0.1, 0.15) is 11.2 Å². The molecule has 0 aliphatic carbocycles. The van der Waals surface area contributed by atoms with Crippen LogP contribution in [0.2, 0.25) is 0 Å². The number of nitrogens with zero attached hydrogens (tertiary/aromatic N) is 2. The van der Waals surface area contributed by atoms with Gasteiger partial charge in [-0.1, -0.05) is 117 Å². The molecular formula is C45H30N2O. The Morgan fingerprint density at radius 1 is 0.479 bits per heavy atom. The van der Waals surface area contributed by atoms with E-state index >= 15 is 0 Å². The lowest BCUT2D eigenvalue weighted by Gasteiger charge is -2.35. The van der Waals surface area contributed by atoms with Crippen molar-refractivity contribution >= 4 is 65.6 Å². The topological polar surface area (TPSA) is 23.0 Å². The SMILES string of the molecule is CC1(C)c2cc3c(cc2-n2c4ccccc4c4cccc1c42)c1ccccc1n3-c1ccc(-c2cccc3c2oc2ccccc23)cc1. The van der Waals surface area contributed by atoms with Crippen molar-refractivity contribution in [2.24, 2.45) is 0 Å². The van der Waals surface area contributed by atoms with E-state index in [0.29, 0.717) is 0 Å². The quantitative estimate of drug-likeness (QED) is 0.190. The van der Waals surface area contributed by atoms with Crippen molar-refractivity contribution in [3.8, 4) is 22.5 Å². The Kier molecular flexibility index (Phi) is 4.91. The third-order valence-electron chi connectivity index (χ3n) is 10.9. The number of fused-ring (bicyclic) bond motifs is 11. The third-order valence-corrected chi connectivity index (χ3v) is 10.9. The molecule has 1 aliphatic rings. The van der Waals surface area contributed by atoms with Crippen LogP contribution in [0.5, 0.6) is 0 Å². The average Bonchev–Trinajstić information content (AvgIpc) is 3.78. The van der Waals surface area contributed by atoms with Gasteiger partial charge in [0, 0.05) is 49.0 Å². The second-order valence-corrected chi connectivity index (χ2v) is 13.7. The first-order valence-corrected chi connectivity index (χ1v) is 16.7. The molecule has 3 heteroatoms. The number of hydrogen-bond acceptors (Lipinski definition) is 1. The molecule has 0 radical (unpaired) electrons. The summed E-state index contributed by atoms with van der Waals surface area (Å²) in [6.07, 6.45) is 0. The van der Waals surface area contributed by atoms with E-state index in [9.17, 15) is 0 Å². The average molecular weight is 615 g/mol. The van der Waals surface area contributed by atoms with Crippen LogP contribution < -0.4 is 0 Å². The summed E-state index contributed by atoms with van der Waals surface area (Å²) in [6.45, 7) is 4.77. The number of para-hydroxylation sites is 5. The van der Waals surface area contributed by atoms with Gasteiger partial charge in [-0.05, 0) is 59.2 Å². The Bertz CT molecular complexity index is 2970. The Hall–Kier alpha value is -6.06. The lowest BCUT2D eigenvalue weighted by molar-refractivity contribution is 0.631. The highest BCUT2D eigenvalue weighted by molar-refractivity contribution is 6.14. The van der Waals surface area contributed by atoms with E-state index in [-0.39, 0.29) is 5.41 Å². The van der Waals surface area contributed by atoms with Crippen LogP contribution >= 0.6 is 0 Å². The molecule has 0 N–H and O–H groups in total. The smallest absolute Gasteiger partial charge is 0.143 e. The van der Waals surface area contributed by atoms with Gasteiger partial charge in [-0.15, -0.1) is 0 Å². The van der Waals surface area contributed by atoms with Gasteiger partial charge in [-0.3, -0.25) is 0 Å². The van der Waals surface area contributed by atoms with Crippen LogP contribution in [-0.2, 0) is 5.41 Å². The second kappa shape index (κ2) is 9.05. The van der Waals surface area contributed by atoms with Gasteiger partial charge in [0.2, 0.25) is 0 Å². The van der Waals surface area contributed by atoms with Crippen LogP contribution in [0, 0.1) is 0 Å². The summed E-state index contributed by atoms with van der Waals surface area (Å²) < 4.78 is 11.3. The lowest BCUT2D eigenvalue weighted by atomic mass is 9.74. The predicted octanol–water partition coefficient (Wildman–Crippen LogP) is 12.1. The molecule has 0 unspecified atom stereocenters. The molecule has 0 saturated carbocycles. The Morgan fingerprint density at radius 3 is 1.94 bits per heavy atom. The molecule has 0 amide bonds. The summed E-state index contributed by atoms with van der Waals surface area (Å²) in [4.78, 5) is 0. The molecule has 10 aromatic rings. The first-order valence-electron chi connectivity index (χ1n) is 16.7. The minimum atomic E-state index is -0.177. The van der Waals surface area contributed by atoms with Crippen LogP contribution in [0.3, 0.4) is 0 Å². The number of rotatable bonds is 2. The van der Waals surface area contributed by atoms with E-state index in [0.717, 1.165) is 38.8 Å². The van der Waals surface area contributed by atoms with Gasteiger partial charge in [0.25, 0.3) is 0 Å². The molecule has 3 aromatic heterocycles. The molecule has 0 atom stereocenters. The van der Waals surface area contributed by atoms with Crippen LogP contribution in [0.1, 0.15) is 25.0 Å². The zero-order valence-corrected chi connectivity index (χ0v) is 26.7. The maximum Gasteiger partial charge on any atom is 0.143 e. The third kappa shape index (κ3) is 3.23. The van der Waals surface area contributed by atoms with Gasteiger partial charge < -0.3 is 13.6 Å². The largest absolute Gasteiger partial charge is 0.455 e. The molecule has 7 aromatic carbocycles. The lowest BCUT2D eigenvalue weighted by Crippen LogP contribution is -2.26. The maximum atomic E-state index is 6.39. The summed E-state index contributed by atoms with van der Waals surface area (Å²) in [5.74, 6) is 0. The highest BCUT2D eigenvalue weighted by atomic mass is 16.3. The van der Waals surface area contributed by atoms with Crippen molar-refractivity contribution in [2.75, 3.05) is 0 Å². The minimum Gasteiger partial charge on any atom is -0.455 e. The summed E-state index contributed by atoms with van der Waals surface area (Å²) >= 11 is 0. The fraction of sp³-hybridized carbons (Fsp3) is 0.0667. The second-order valence-electron chi connectivity index (χ2n) is 13.7. The van der Waals surface area contributed by atoms with Crippen LogP contribution in [0.4, 0.5) is 0 Å². The van der Waals surface area contributed by atoms with Crippen LogP contribution in [0.15, 0.2) is 150 Å². The summed E-state index contributed by atoms with van der Waals surface area (Å²) in [6, 6.07) is 53.1. The minimum absolute atomic E-state index is 0.177. The van der Waals surface area contributed by atoms with Crippen LogP contribution in [-0.4, -0.2) is 9.13 Å². The van der Waals surface area contributed by atoms with Gasteiger partial charge in [-0.25, -0.2) is 0 Å². The molecule has 226 valence electrons. The zero-order valence-electron chi connectivity index (χ0n) is 26.7. The van der Waals surface area contributed by atoms with E-state index in [1.54, 1.807) is 0 Å². The molecule has 3 nitrogen and oxygen atoms in total. The molecule has 0 fully saturated rings. The summed E-state index contributed by atoms with van der Waals surface area (Å²) in [5, 5.41) is 7.45. The van der Waals surface area contributed by atoms with Crippen molar-refractivity contribution in [2.45, 2.75) is 19.3 Å². The van der Waals surface area contributed by atoms with Gasteiger partial charge in [-0.2, -0.15) is 0 Å². The zero-order chi connectivity index (χ0) is 31.7. The van der Waals surface area contributed by atoms with E-state index in [4.69, 9.17) is 4.42 Å². The molecule has 0 spiro atoms. The number of furan rings is 1. The van der Waals surface area contributed by atoms with Gasteiger partial charge >= 0.3 is 0 Å². The predicted molar refractivity (Wildman–Crippen MR) is 200 cm³/mol. The van der Waals surface area contributed by atoms with Crippen molar-refractivity contribution < 1.29 is 4.42 Å². The molecule has 48 heavy (non-hydrogen) atoms. The summed E-state index contributed by atoms with van der Waals surface area (Å²) in [5.41, 5.74) is 14.1. The fourth-order valence-corrected chi connectivity index (χ4v) is 8.65. The normalized spacial score (nSPS) is 13.8. The highest BCUT2D eigenvalue weighted by Gasteiger charge is 2.36. The molecular weight excluding hydrogens is 585 g/mol. The van der Waals surface area contributed by atoms with Crippen LogP contribution in [0.25, 0.3) is 88.1 Å². The van der Waals surface area contributed by atoms with Gasteiger partial charge in [0.15, 0.2) is 0 Å². The number of aromatic nitrogens is 2. The fourth-order valence-electron chi connectivity index (χ4n) is 8.65. The number of benzene rings is 7. The van der Waals surface area contributed by atoms with Crippen molar-refractivity contribution in [1.82, 2.24) is 9.13 Å². The summed E-state index contributed by atoms with van der Waals surface area (Å²) in [7, 11) is 0. The highest BCUT2D eigenvalue weighted by Crippen LogP contribution is 2.49. The van der Waals surface area contributed by atoms with E-state index in [1.165, 1.54) is 60.4 Å². The Balaban J connectivity index is 1.15. The molecule has 11 rings (SSSR count). The monoisotopic (exact) mass is 614 g/mol. The first kappa shape index (κ1) is 26.1. The molecule has 0 bridgehead atoms. The van der Waals surface area contributed by atoms with Crippen molar-refractivity contribution in [1.29, 1.82) is 0 Å². The Labute approximate surface area is 276 Å². The van der Waals surface area contributed by atoms with Gasteiger partial charge in [0.05, 0.1) is 27.8 Å². The maximum absolute atomic E-state index is 6.39. The molecule has 1 aliphatic heterocycles. The first-order chi connectivity index (χ1) is 23.6. The van der Waals surface area contributed by atoms with E-state index in [1.807, 2.05) is 12.1 Å². The standard InChI is InChI=1S/C45H30N2O/c1-45(2)36-17-10-15-33-30-11-3-7-19-39(30)47(43(33)36)41-25-35-31-12-4-6-18-38(31)46(40(35)26-37(41)45)28-23-21-27(22-24-28)29-14-9-16-34-32-13-5-8-20-42(32)48-44(29)34/h3-26H,1-2H3. The molecule has 4 heterocycles. The number of hydrogen-bond donors (Lipinski definition) is 0. The van der Waals surface area contributed by atoms with Crippen molar-refractivity contribution in [3.05, 3.63) is 157 Å². The van der Waals surface area contributed by atoms with E-state index < -0.39 is 0 Å².